The maximum Gasteiger partial charge on any atom is 0.249 e. The van der Waals surface area contributed by atoms with Crippen molar-refractivity contribution in [3.63, 3.8) is 0 Å². The Morgan fingerprint density at radius 2 is 2.40 bits per heavy atom. The number of anilines is 1. The summed E-state index contributed by atoms with van der Waals surface area (Å²) in [6, 6.07) is 5.23. The van der Waals surface area contributed by atoms with Gasteiger partial charge in [0.2, 0.25) is 5.91 Å². The van der Waals surface area contributed by atoms with Gasteiger partial charge in [-0.05, 0) is 35.5 Å². The molecule has 0 spiro atoms. The van der Waals surface area contributed by atoms with Crippen LogP contribution in [0.5, 0.6) is 5.75 Å². The first-order valence-corrected chi connectivity index (χ1v) is 6.48. The molecule has 1 aromatic heterocycles. The van der Waals surface area contributed by atoms with Gasteiger partial charge in [-0.2, -0.15) is 0 Å². The molecule has 1 atom stereocenters. The lowest BCUT2D eigenvalue weighted by Crippen LogP contribution is -2.43. The van der Waals surface area contributed by atoms with Gasteiger partial charge in [0, 0.05) is 5.02 Å². The molecule has 1 aliphatic rings. The number of carbonyl (C=O) groups is 1. The molecule has 2 aromatic rings. The van der Waals surface area contributed by atoms with E-state index >= 15 is 0 Å². The molecular formula is C12H12ClN5O2. The summed E-state index contributed by atoms with van der Waals surface area (Å²) < 4.78 is 7.08. The van der Waals surface area contributed by atoms with Gasteiger partial charge in [-0.15, -0.1) is 5.10 Å². The van der Waals surface area contributed by atoms with E-state index < -0.39 is 0 Å². The van der Waals surface area contributed by atoms with E-state index in [0.29, 0.717) is 23.0 Å². The maximum atomic E-state index is 12.4. The van der Waals surface area contributed by atoms with Crippen molar-refractivity contribution in [1.82, 2.24) is 20.2 Å². The van der Waals surface area contributed by atoms with Crippen LogP contribution >= 0.6 is 11.6 Å². The summed E-state index contributed by atoms with van der Waals surface area (Å²) >= 11 is 5.99. The van der Waals surface area contributed by atoms with Crippen molar-refractivity contribution in [2.24, 2.45) is 0 Å². The topological polar surface area (TPSA) is 73.1 Å². The van der Waals surface area contributed by atoms with Crippen LogP contribution in [0, 0.1) is 0 Å². The molecule has 1 amide bonds. The van der Waals surface area contributed by atoms with Crippen LogP contribution in [0.3, 0.4) is 0 Å². The van der Waals surface area contributed by atoms with Crippen molar-refractivity contribution in [2.45, 2.75) is 19.6 Å². The molecule has 0 radical (unpaired) electrons. The van der Waals surface area contributed by atoms with Gasteiger partial charge in [-0.25, -0.2) is 4.68 Å². The van der Waals surface area contributed by atoms with Gasteiger partial charge in [0.1, 0.15) is 24.7 Å². The smallest absolute Gasteiger partial charge is 0.249 e. The number of nitrogens with zero attached hydrogens (tertiary/aromatic N) is 5. The van der Waals surface area contributed by atoms with E-state index in [0.717, 1.165) is 0 Å². The van der Waals surface area contributed by atoms with Crippen LogP contribution < -0.4 is 9.64 Å². The Labute approximate surface area is 120 Å². The van der Waals surface area contributed by atoms with E-state index in [1.165, 1.54) is 11.0 Å². The molecule has 7 nitrogen and oxygen atoms in total. The number of ether oxygens (including phenoxy) is 1. The number of rotatable bonds is 2. The average Bonchev–Trinajstić information content (AvgIpc) is 2.91. The minimum Gasteiger partial charge on any atom is -0.487 e. The normalized spacial score (nSPS) is 17.5. The van der Waals surface area contributed by atoms with Gasteiger partial charge in [0.15, 0.2) is 0 Å². The van der Waals surface area contributed by atoms with Gasteiger partial charge in [0.25, 0.3) is 0 Å². The Morgan fingerprint density at radius 3 is 3.15 bits per heavy atom. The highest BCUT2D eigenvalue weighted by Crippen LogP contribution is 2.35. The predicted molar refractivity (Wildman–Crippen MR) is 71.7 cm³/mol. The van der Waals surface area contributed by atoms with Crippen LogP contribution in [0.15, 0.2) is 24.5 Å². The van der Waals surface area contributed by atoms with Crippen molar-refractivity contribution in [3.8, 4) is 5.75 Å². The Bertz CT molecular complexity index is 631. The first kappa shape index (κ1) is 12.9. The number of halogens is 1. The minimum atomic E-state index is -0.115. The van der Waals surface area contributed by atoms with E-state index in [4.69, 9.17) is 16.3 Å². The van der Waals surface area contributed by atoms with Gasteiger partial charge >= 0.3 is 0 Å². The number of benzene rings is 1. The van der Waals surface area contributed by atoms with Crippen LogP contribution in [0.1, 0.15) is 6.92 Å². The lowest BCUT2D eigenvalue weighted by molar-refractivity contribution is -0.119. The molecule has 0 saturated heterocycles. The zero-order valence-electron chi connectivity index (χ0n) is 10.7. The van der Waals surface area contributed by atoms with Crippen molar-refractivity contribution in [3.05, 3.63) is 29.5 Å². The Hall–Kier alpha value is -2.15. The fraction of sp³-hybridized carbons (Fsp3) is 0.333. The van der Waals surface area contributed by atoms with Gasteiger partial charge < -0.3 is 9.64 Å². The fourth-order valence-corrected chi connectivity index (χ4v) is 2.29. The van der Waals surface area contributed by atoms with E-state index in [2.05, 4.69) is 15.5 Å². The first-order chi connectivity index (χ1) is 9.63. The van der Waals surface area contributed by atoms with E-state index in [1.54, 1.807) is 23.1 Å². The number of aromatic nitrogens is 4. The quantitative estimate of drug-likeness (QED) is 0.830. The number of tetrazole rings is 1. The highest BCUT2D eigenvalue weighted by Gasteiger charge is 2.28. The summed E-state index contributed by atoms with van der Waals surface area (Å²) in [6.07, 6.45) is 1.32. The van der Waals surface area contributed by atoms with Crippen molar-refractivity contribution < 1.29 is 9.53 Å². The summed E-state index contributed by atoms with van der Waals surface area (Å²) in [7, 11) is 0. The van der Waals surface area contributed by atoms with E-state index in [-0.39, 0.29) is 18.6 Å². The highest BCUT2D eigenvalue weighted by molar-refractivity contribution is 6.31. The van der Waals surface area contributed by atoms with Crippen LogP contribution in [-0.4, -0.2) is 38.8 Å². The second-order valence-electron chi connectivity index (χ2n) is 4.55. The number of hydrogen-bond acceptors (Lipinski definition) is 5. The molecule has 20 heavy (non-hydrogen) atoms. The standard InChI is InChI=1S/C12H12ClN5O2/c1-8-5-18(12(19)6-17-7-14-15-16-17)10-4-9(13)2-3-11(10)20-8/h2-4,7-8H,5-6H2,1H3. The first-order valence-electron chi connectivity index (χ1n) is 6.11. The van der Waals surface area contributed by atoms with Crippen LogP contribution in [0.4, 0.5) is 5.69 Å². The zero-order chi connectivity index (χ0) is 14.1. The molecule has 0 aliphatic carbocycles. The number of amides is 1. The molecule has 104 valence electrons. The summed E-state index contributed by atoms with van der Waals surface area (Å²) in [4.78, 5) is 14.0. The number of carbonyl (C=O) groups excluding carboxylic acids is 1. The third-order valence-corrected chi connectivity index (χ3v) is 3.20. The van der Waals surface area contributed by atoms with Gasteiger partial charge in [-0.3, -0.25) is 4.79 Å². The second-order valence-corrected chi connectivity index (χ2v) is 4.99. The van der Waals surface area contributed by atoms with Crippen LogP contribution in [-0.2, 0) is 11.3 Å². The average molecular weight is 294 g/mol. The van der Waals surface area contributed by atoms with Crippen molar-refractivity contribution >= 4 is 23.2 Å². The molecule has 1 aliphatic heterocycles. The van der Waals surface area contributed by atoms with Crippen LogP contribution in [0.25, 0.3) is 0 Å². The molecule has 0 saturated carbocycles. The molecular weight excluding hydrogens is 282 g/mol. The van der Waals surface area contributed by atoms with Gasteiger partial charge in [0.05, 0.1) is 12.2 Å². The lowest BCUT2D eigenvalue weighted by Gasteiger charge is -2.33. The predicted octanol–water partition coefficient (Wildman–Crippen LogP) is 1.14. The summed E-state index contributed by atoms with van der Waals surface area (Å²) in [6.45, 7) is 2.45. The third kappa shape index (κ3) is 2.44. The summed E-state index contributed by atoms with van der Waals surface area (Å²) in [5.41, 5.74) is 0.675. The van der Waals surface area contributed by atoms with Crippen molar-refractivity contribution in [2.75, 3.05) is 11.4 Å². The Morgan fingerprint density at radius 1 is 1.55 bits per heavy atom. The van der Waals surface area contributed by atoms with E-state index in [1.807, 2.05) is 6.92 Å². The Balaban J connectivity index is 1.89. The number of fused-ring (bicyclic) bond motifs is 1. The highest BCUT2D eigenvalue weighted by atomic mass is 35.5. The Kier molecular flexibility index (Phi) is 3.27. The number of hydrogen-bond donors (Lipinski definition) is 0. The molecule has 1 unspecified atom stereocenters. The minimum absolute atomic E-state index is 0.0751. The fourth-order valence-electron chi connectivity index (χ4n) is 2.12. The largest absolute Gasteiger partial charge is 0.487 e. The summed E-state index contributed by atoms with van der Waals surface area (Å²) in [5.74, 6) is 0.536. The second kappa shape index (κ2) is 5.09. The molecule has 0 bridgehead atoms. The molecule has 8 heteroatoms. The zero-order valence-corrected chi connectivity index (χ0v) is 11.5. The van der Waals surface area contributed by atoms with Crippen molar-refractivity contribution in [1.29, 1.82) is 0 Å². The lowest BCUT2D eigenvalue weighted by atomic mass is 10.2. The SMILES string of the molecule is CC1CN(C(=O)Cn2cnnn2)c2cc(Cl)ccc2O1. The summed E-state index contributed by atoms with van der Waals surface area (Å²) in [5, 5.41) is 11.3. The molecule has 0 fully saturated rings. The maximum absolute atomic E-state index is 12.4. The van der Waals surface area contributed by atoms with Gasteiger partial charge in [-0.1, -0.05) is 11.6 Å². The van der Waals surface area contributed by atoms with E-state index in [9.17, 15) is 4.79 Å². The molecule has 2 heterocycles. The third-order valence-electron chi connectivity index (χ3n) is 2.97. The molecule has 0 N–H and O–H groups in total. The molecule has 3 rings (SSSR count). The van der Waals surface area contributed by atoms with Crippen LogP contribution in [0.2, 0.25) is 5.02 Å². The monoisotopic (exact) mass is 293 g/mol. The molecule has 1 aromatic carbocycles.